The summed E-state index contributed by atoms with van der Waals surface area (Å²) in [6.07, 6.45) is 0.312. The fraction of sp³-hybridized carbons (Fsp3) is 0.133. The second-order valence-electron chi connectivity index (χ2n) is 3.88. The summed E-state index contributed by atoms with van der Waals surface area (Å²) < 4.78 is 17.4. The van der Waals surface area contributed by atoms with Crippen molar-refractivity contribution in [3.05, 3.63) is 54.6 Å². The Hall–Kier alpha value is -1.94. The normalized spacial score (nSPS) is 11.8. The first kappa shape index (κ1) is 13.5. The van der Waals surface area contributed by atoms with Crippen LogP contribution in [0.15, 0.2) is 64.4 Å². The molecule has 2 aromatic rings. The topological polar surface area (TPSA) is 43.4 Å². The highest BCUT2D eigenvalue weighted by atomic mass is 32.2. The van der Waals surface area contributed by atoms with E-state index < -0.39 is 10.8 Å². The molecule has 2 rings (SSSR count). The monoisotopic (exact) mass is 274 g/mol. The highest BCUT2D eigenvalue weighted by Crippen LogP contribution is 2.21. The Morgan fingerprint density at radius 1 is 1.05 bits per heavy atom. The van der Waals surface area contributed by atoms with E-state index in [1.807, 2.05) is 18.2 Å². The summed E-state index contributed by atoms with van der Waals surface area (Å²) in [6, 6.07) is 16.0. The summed E-state index contributed by atoms with van der Waals surface area (Å²) in [4.78, 5) is 12.6. The molecule has 0 amide bonds. The molecule has 3 nitrogen and oxygen atoms in total. The molecule has 98 valence electrons. The van der Waals surface area contributed by atoms with Crippen molar-refractivity contribution >= 4 is 16.8 Å². The Morgan fingerprint density at radius 2 is 1.74 bits per heavy atom. The minimum Gasteiger partial charge on any atom is -0.426 e. The molecule has 0 heterocycles. The number of esters is 1. The molecule has 0 bridgehead atoms. The summed E-state index contributed by atoms with van der Waals surface area (Å²) in [5, 5.41) is 0. The molecule has 0 aromatic heterocycles. The second kappa shape index (κ2) is 6.29. The average Bonchev–Trinajstić information content (AvgIpc) is 2.47. The van der Waals surface area contributed by atoms with Gasteiger partial charge < -0.3 is 4.74 Å². The molecule has 2 aromatic carbocycles. The quantitative estimate of drug-likeness (QED) is 0.635. The van der Waals surface area contributed by atoms with E-state index in [1.165, 1.54) is 0 Å². The van der Waals surface area contributed by atoms with Gasteiger partial charge in [-0.3, -0.25) is 4.79 Å². The first-order valence-electron chi connectivity index (χ1n) is 5.98. The van der Waals surface area contributed by atoms with Crippen molar-refractivity contribution in [1.82, 2.24) is 0 Å². The Bertz CT molecular complexity index is 593. The van der Waals surface area contributed by atoms with Crippen molar-refractivity contribution in [2.75, 3.05) is 0 Å². The third-order valence-electron chi connectivity index (χ3n) is 2.50. The van der Waals surface area contributed by atoms with E-state index in [0.717, 1.165) is 4.90 Å². The van der Waals surface area contributed by atoms with Gasteiger partial charge in [-0.2, -0.15) is 0 Å². The number of hydrogen-bond acceptors (Lipinski definition) is 3. The third-order valence-corrected chi connectivity index (χ3v) is 3.88. The van der Waals surface area contributed by atoms with Gasteiger partial charge in [-0.25, -0.2) is 4.21 Å². The third kappa shape index (κ3) is 3.51. The highest BCUT2D eigenvalue weighted by molar-refractivity contribution is 7.85. The van der Waals surface area contributed by atoms with Crippen LogP contribution in [0.25, 0.3) is 0 Å². The van der Waals surface area contributed by atoms with Crippen molar-refractivity contribution in [3.8, 4) is 5.75 Å². The maximum absolute atomic E-state index is 12.3. The number of hydrogen-bond donors (Lipinski definition) is 0. The molecular formula is C15H14O3S. The number of ether oxygens (including phenoxy) is 1. The fourth-order valence-corrected chi connectivity index (χ4v) is 2.64. The standard InChI is InChI=1S/C15H14O3S/c1-2-15(16)18-12-7-6-10-14(11-12)19(17)13-8-4-3-5-9-13/h3-11H,2H2,1H3. The van der Waals surface area contributed by atoms with Crippen LogP contribution in [0, 0.1) is 0 Å². The van der Waals surface area contributed by atoms with Crippen LogP contribution in [0.2, 0.25) is 0 Å². The van der Waals surface area contributed by atoms with Crippen LogP contribution in [0.1, 0.15) is 13.3 Å². The SMILES string of the molecule is CCC(=O)Oc1cccc(S(=O)c2ccccc2)c1. The van der Waals surface area contributed by atoms with E-state index in [4.69, 9.17) is 4.74 Å². The van der Waals surface area contributed by atoms with Crippen LogP contribution in [-0.4, -0.2) is 10.2 Å². The summed E-state index contributed by atoms with van der Waals surface area (Å²) in [6.45, 7) is 1.73. The molecule has 0 aliphatic rings. The highest BCUT2D eigenvalue weighted by Gasteiger charge is 2.09. The van der Waals surface area contributed by atoms with Crippen molar-refractivity contribution in [2.45, 2.75) is 23.1 Å². The largest absolute Gasteiger partial charge is 0.426 e. The molecule has 0 saturated carbocycles. The molecule has 4 heteroatoms. The van der Waals surface area contributed by atoms with Crippen LogP contribution in [0.3, 0.4) is 0 Å². The molecule has 0 spiro atoms. The molecule has 0 N–H and O–H groups in total. The van der Waals surface area contributed by atoms with E-state index in [-0.39, 0.29) is 5.97 Å². The van der Waals surface area contributed by atoms with E-state index in [2.05, 4.69) is 0 Å². The lowest BCUT2D eigenvalue weighted by Crippen LogP contribution is -2.05. The van der Waals surface area contributed by atoms with Gasteiger partial charge in [0.2, 0.25) is 0 Å². The summed E-state index contributed by atoms with van der Waals surface area (Å²) in [7, 11) is -1.27. The van der Waals surface area contributed by atoms with Crippen LogP contribution in [-0.2, 0) is 15.6 Å². The molecule has 1 unspecified atom stereocenters. The van der Waals surface area contributed by atoms with Crippen molar-refractivity contribution in [2.24, 2.45) is 0 Å². The molecule has 0 aliphatic heterocycles. The lowest BCUT2D eigenvalue weighted by atomic mass is 10.3. The smallest absolute Gasteiger partial charge is 0.310 e. The maximum Gasteiger partial charge on any atom is 0.310 e. The van der Waals surface area contributed by atoms with Gasteiger partial charge in [-0.05, 0) is 30.3 Å². The Balaban J connectivity index is 2.24. The maximum atomic E-state index is 12.3. The van der Waals surface area contributed by atoms with Gasteiger partial charge in [0, 0.05) is 16.2 Å². The zero-order chi connectivity index (χ0) is 13.7. The summed E-state index contributed by atoms with van der Waals surface area (Å²) in [5.74, 6) is 0.122. The summed E-state index contributed by atoms with van der Waals surface area (Å²) >= 11 is 0. The minimum atomic E-state index is -1.27. The van der Waals surface area contributed by atoms with Crippen molar-refractivity contribution in [1.29, 1.82) is 0 Å². The van der Waals surface area contributed by atoms with Crippen LogP contribution < -0.4 is 4.74 Å². The average molecular weight is 274 g/mol. The zero-order valence-corrected chi connectivity index (χ0v) is 11.4. The van der Waals surface area contributed by atoms with Gasteiger partial charge in [0.05, 0.1) is 10.8 Å². The van der Waals surface area contributed by atoms with Gasteiger partial charge in [-0.15, -0.1) is 0 Å². The predicted octanol–water partition coefficient (Wildman–Crippen LogP) is 3.17. The zero-order valence-electron chi connectivity index (χ0n) is 10.5. The van der Waals surface area contributed by atoms with Crippen LogP contribution >= 0.6 is 0 Å². The van der Waals surface area contributed by atoms with E-state index in [1.54, 1.807) is 43.3 Å². The molecule has 0 aliphatic carbocycles. The summed E-state index contributed by atoms with van der Waals surface area (Å²) in [5.41, 5.74) is 0. The van der Waals surface area contributed by atoms with Crippen molar-refractivity contribution in [3.63, 3.8) is 0 Å². The Morgan fingerprint density at radius 3 is 2.42 bits per heavy atom. The number of rotatable bonds is 4. The molecule has 0 saturated heterocycles. The van der Waals surface area contributed by atoms with Gasteiger partial charge >= 0.3 is 5.97 Å². The van der Waals surface area contributed by atoms with Crippen molar-refractivity contribution < 1.29 is 13.7 Å². The van der Waals surface area contributed by atoms with Gasteiger partial charge in [0.25, 0.3) is 0 Å². The fourth-order valence-electron chi connectivity index (χ4n) is 1.54. The van der Waals surface area contributed by atoms with Gasteiger partial charge in [0.1, 0.15) is 5.75 Å². The van der Waals surface area contributed by atoms with Crippen LogP contribution in [0.5, 0.6) is 5.75 Å². The first-order valence-corrected chi connectivity index (χ1v) is 7.13. The lowest BCUT2D eigenvalue weighted by molar-refractivity contribution is -0.134. The molecule has 0 radical (unpaired) electrons. The van der Waals surface area contributed by atoms with Gasteiger partial charge in [0.15, 0.2) is 0 Å². The second-order valence-corrected chi connectivity index (χ2v) is 5.36. The number of carbonyl (C=O) groups excluding carboxylic acids is 1. The number of benzene rings is 2. The lowest BCUT2D eigenvalue weighted by Gasteiger charge is -2.06. The Kier molecular flexibility index (Phi) is 4.47. The van der Waals surface area contributed by atoms with Gasteiger partial charge in [-0.1, -0.05) is 31.2 Å². The molecule has 1 atom stereocenters. The van der Waals surface area contributed by atoms with Crippen LogP contribution in [0.4, 0.5) is 0 Å². The number of carbonyl (C=O) groups is 1. The minimum absolute atomic E-state index is 0.303. The van der Waals surface area contributed by atoms with E-state index >= 15 is 0 Å². The Labute approximate surface area is 114 Å². The first-order chi connectivity index (χ1) is 9.20. The van der Waals surface area contributed by atoms with E-state index in [9.17, 15) is 9.00 Å². The molecule has 0 fully saturated rings. The molecular weight excluding hydrogens is 260 g/mol. The van der Waals surface area contributed by atoms with E-state index in [0.29, 0.717) is 17.1 Å². The molecule has 19 heavy (non-hydrogen) atoms. The predicted molar refractivity (Wildman–Crippen MR) is 73.5 cm³/mol.